The summed E-state index contributed by atoms with van der Waals surface area (Å²) in [5.74, 6) is 0.330. The number of hydrogen-bond acceptors (Lipinski definition) is 3. The zero-order valence-electron chi connectivity index (χ0n) is 13.9. The molecule has 0 spiro atoms. The summed E-state index contributed by atoms with van der Waals surface area (Å²) in [7, 11) is 2.15. The van der Waals surface area contributed by atoms with Crippen molar-refractivity contribution in [3.8, 4) is 0 Å². The lowest BCUT2D eigenvalue weighted by molar-refractivity contribution is 0.0620. The van der Waals surface area contributed by atoms with Gasteiger partial charge in [0.15, 0.2) is 0 Å². The Kier molecular flexibility index (Phi) is 5.42. The molecule has 0 bridgehead atoms. The van der Waals surface area contributed by atoms with Gasteiger partial charge < -0.3 is 10.0 Å². The molecule has 23 heavy (non-hydrogen) atoms. The van der Waals surface area contributed by atoms with E-state index in [1.807, 2.05) is 12.1 Å². The molecule has 0 amide bonds. The Hall–Kier alpha value is -1.71. The van der Waals surface area contributed by atoms with E-state index >= 15 is 0 Å². The van der Waals surface area contributed by atoms with Gasteiger partial charge in [0.2, 0.25) is 0 Å². The maximum absolute atomic E-state index is 10.8. The van der Waals surface area contributed by atoms with E-state index in [9.17, 15) is 5.11 Å². The van der Waals surface area contributed by atoms with E-state index in [-0.39, 0.29) is 0 Å². The predicted molar refractivity (Wildman–Crippen MR) is 93.3 cm³/mol. The average molecular weight is 310 g/mol. The van der Waals surface area contributed by atoms with Crippen molar-refractivity contribution in [2.45, 2.75) is 31.8 Å². The zero-order chi connectivity index (χ0) is 16.1. The molecule has 1 fully saturated rings. The SMILES string of the molecule is CN1CCC(C(O)c2ncccc2CCc2ccccc2)CC1. The highest BCUT2D eigenvalue weighted by Crippen LogP contribution is 2.31. The van der Waals surface area contributed by atoms with Gasteiger partial charge in [0.25, 0.3) is 0 Å². The fraction of sp³-hybridized carbons (Fsp3) is 0.450. The minimum atomic E-state index is -0.435. The first-order valence-corrected chi connectivity index (χ1v) is 8.58. The highest BCUT2D eigenvalue weighted by Gasteiger charge is 2.27. The van der Waals surface area contributed by atoms with E-state index in [1.54, 1.807) is 6.20 Å². The number of aromatic nitrogens is 1. The highest BCUT2D eigenvalue weighted by molar-refractivity contribution is 5.25. The molecule has 0 radical (unpaired) electrons. The number of hydrogen-bond donors (Lipinski definition) is 1. The number of aliphatic hydroxyl groups excluding tert-OH is 1. The molecule has 0 aliphatic carbocycles. The molecule has 3 rings (SSSR count). The highest BCUT2D eigenvalue weighted by atomic mass is 16.3. The summed E-state index contributed by atoms with van der Waals surface area (Å²) in [4.78, 5) is 6.85. The molecule has 1 atom stereocenters. The largest absolute Gasteiger partial charge is 0.387 e. The summed E-state index contributed by atoms with van der Waals surface area (Å²) in [6.07, 6.45) is 5.38. The lowest BCUT2D eigenvalue weighted by Gasteiger charge is -2.32. The fourth-order valence-corrected chi connectivity index (χ4v) is 3.42. The van der Waals surface area contributed by atoms with E-state index in [2.05, 4.69) is 47.3 Å². The standard InChI is InChI=1S/C20H26N2O/c1-22-14-11-18(12-15-22)20(23)19-17(8-5-13-21-19)10-9-16-6-3-2-4-7-16/h2-8,13,18,20,23H,9-12,14-15H2,1H3. The second-order valence-corrected chi connectivity index (χ2v) is 6.62. The molecule has 1 aromatic carbocycles. The van der Waals surface area contributed by atoms with Crippen LogP contribution in [0.25, 0.3) is 0 Å². The third-order valence-electron chi connectivity index (χ3n) is 4.94. The van der Waals surface area contributed by atoms with Crippen LogP contribution in [0, 0.1) is 5.92 Å². The fourth-order valence-electron chi connectivity index (χ4n) is 3.42. The van der Waals surface area contributed by atoms with Crippen LogP contribution in [0.15, 0.2) is 48.7 Å². The first kappa shape index (κ1) is 16.2. The van der Waals surface area contributed by atoms with Crippen LogP contribution in [0.3, 0.4) is 0 Å². The molecule has 2 heterocycles. The minimum Gasteiger partial charge on any atom is -0.387 e. The summed E-state index contributed by atoms with van der Waals surface area (Å²) >= 11 is 0. The molecule has 122 valence electrons. The van der Waals surface area contributed by atoms with Gasteiger partial charge in [0.1, 0.15) is 0 Å². The van der Waals surface area contributed by atoms with Crippen LogP contribution >= 0.6 is 0 Å². The van der Waals surface area contributed by atoms with Gasteiger partial charge in [-0.3, -0.25) is 4.98 Å². The normalized spacial score (nSPS) is 18.0. The smallest absolute Gasteiger partial charge is 0.0991 e. The van der Waals surface area contributed by atoms with Crippen LogP contribution in [0.4, 0.5) is 0 Å². The minimum absolute atomic E-state index is 0.330. The Morgan fingerprint density at radius 2 is 1.83 bits per heavy atom. The first-order chi connectivity index (χ1) is 11.2. The van der Waals surface area contributed by atoms with Crippen LogP contribution in [0.1, 0.15) is 35.8 Å². The first-order valence-electron chi connectivity index (χ1n) is 8.58. The van der Waals surface area contributed by atoms with Crippen molar-refractivity contribution < 1.29 is 5.11 Å². The molecule has 0 saturated carbocycles. The third-order valence-corrected chi connectivity index (χ3v) is 4.94. The Morgan fingerprint density at radius 1 is 1.09 bits per heavy atom. The molecule has 1 aliphatic heterocycles. The molecule has 3 heteroatoms. The Balaban J connectivity index is 1.70. The summed E-state index contributed by atoms with van der Waals surface area (Å²) in [5, 5.41) is 10.8. The molecule has 1 unspecified atom stereocenters. The van der Waals surface area contributed by atoms with E-state index in [0.29, 0.717) is 5.92 Å². The number of nitrogens with zero attached hydrogens (tertiary/aromatic N) is 2. The summed E-state index contributed by atoms with van der Waals surface area (Å²) in [5.41, 5.74) is 3.40. The third kappa shape index (κ3) is 4.18. The number of benzene rings is 1. The quantitative estimate of drug-likeness (QED) is 0.921. The van der Waals surface area contributed by atoms with Crippen LogP contribution in [0.5, 0.6) is 0 Å². The van der Waals surface area contributed by atoms with Crippen molar-refractivity contribution in [1.29, 1.82) is 0 Å². The van der Waals surface area contributed by atoms with Crippen molar-refractivity contribution in [3.63, 3.8) is 0 Å². The Bertz CT molecular complexity index is 606. The van der Waals surface area contributed by atoms with Crippen LogP contribution in [0.2, 0.25) is 0 Å². The second-order valence-electron chi connectivity index (χ2n) is 6.62. The van der Waals surface area contributed by atoms with E-state index in [0.717, 1.165) is 44.5 Å². The number of piperidine rings is 1. The summed E-state index contributed by atoms with van der Waals surface area (Å²) in [6, 6.07) is 14.6. The van der Waals surface area contributed by atoms with Gasteiger partial charge in [0.05, 0.1) is 11.8 Å². The number of rotatable bonds is 5. The molecule has 3 nitrogen and oxygen atoms in total. The summed E-state index contributed by atoms with van der Waals surface area (Å²) < 4.78 is 0. The zero-order valence-corrected chi connectivity index (χ0v) is 13.9. The van der Waals surface area contributed by atoms with Crippen molar-refractivity contribution in [1.82, 2.24) is 9.88 Å². The lowest BCUT2D eigenvalue weighted by Crippen LogP contribution is -2.33. The molecule has 1 N–H and O–H groups in total. The number of aryl methyl sites for hydroxylation is 2. The van der Waals surface area contributed by atoms with E-state index < -0.39 is 6.10 Å². The second kappa shape index (κ2) is 7.71. The molecule has 1 aliphatic rings. The number of aliphatic hydroxyl groups is 1. The van der Waals surface area contributed by atoms with Crippen LogP contribution in [-0.4, -0.2) is 35.1 Å². The summed E-state index contributed by atoms with van der Waals surface area (Å²) in [6.45, 7) is 2.13. The Morgan fingerprint density at radius 3 is 2.57 bits per heavy atom. The van der Waals surface area contributed by atoms with Crippen molar-refractivity contribution in [2.24, 2.45) is 5.92 Å². The van der Waals surface area contributed by atoms with E-state index in [1.165, 1.54) is 11.1 Å². The van der Waals surface area contributed by atoms with E-state index in [4.69, 9.17) is 0 Å². The Labute approximate surface area is 139 Å². The number of likely N-dealkylation sites (tertiary alicyclic amines) is 1. The van der Waals surface area contributed by atoms with Gasteiger partial charge in [0, 0.05) is 6.20 Å². The van der Waals surface area contributed by atoms with Gasteiger partial charge >= 0.3 is 0 Å². The number of pyridine rings is 1. The van der Waals surface area contributed by atoms with Crippen molar-refractivity contribution in [3.05, 3.63) is 65.5 Å². The molecule has 1 saturated heterocycles. The topological polar surface area (TPSA) is 36.4 Å². The van der Waals surface area contributed by atoms with Gasteiger partial charge in [-0.05, 0) is 68.9 Å². The maximum Gasteiger partial charge on any atom is 0.0991 e. The van der Waals surface area contributed by atoms with Crippen LogP contribution < -0.4 is 0 Å². The average Bonchev–Trinajstić information content (AvgIpc) is 2.61. The van der Waals surface area contributed by atoms with Crippen molar-refractivity contribution in [2.75, 3.05) is 20.1 Å². The maximum atomic E-state index is 10.8. The predicted octanol–water partition coefficient (Wildman–Crippen LogP) is 3.24. The molecule has 2 aromatic rings. The van der Waals surface area contributed by atoms with Gasteiger partial charge in [-0.25, -0.2) is 0 Å². The van der Waals surface area contributed by atoms with Crippen LogP contribution in [-0.2, 0) is 12.8 Å². The van der Waals surface area contributed by atoms with Gasteiger partial charge in [-0.15, -0.1) is 0 Å². The van der Waals surface area contributed by atoms with Crippen molar-refractivity contribution >= 4 is 0 Å². The lowest BCUT2D eigenvalue weighted by atomic mass is 9.87. The monoisotopic (exact) mass is 310 g/mol. The van der Waals surface area contributed by atoms with Gasteiger partial charge in [-0.1, -0.05) is 36.4 Å². The molecular formula is C20H26N2O. The van der Waals surface area contributed by atoms with Gasteiger partial charge in [-0.2, -0.15) is 0 Å². The molecular weight excluding hydrogens is 284 g/mol. The molecule has 1 aromatic heterocycles.